The number of hydrogen-bond acceptors (Lipinski definition) is 5. The third-order valence-electron chi connectivity index (χ3n) is 2.81. The molecule has 0 aliphatic rings. The lowest BCUT2D eigenvalue weighted by molar-refractivity contribution is 0.354. The zero-order valence-corrected chi connectivity index (χ0v) is 12.4. The summed E-state index contributed by atoms with van der Waals surface area (Å²) >= 11 is 0. The highest BCUT2D eigenvalue weighted by Crippen LogP contribution is 2.28. The van der Waals surface area contributed by atoms with Gasteiger partial charge in [0.1, 0.15) is 9.84 Å². The molecule has 1 aromatic carbocycles. The summed E-state index contributed by atoms with van der Waals surface area (Å²) in [6.45, 7) is 0. The Labute approximate surface area is 114 Å². The molecular weight excluding hydrogens is 266 g/mol. The smallest absolute Gasteiger partial charge is 0.160 e. The number of rotatable bonds is 7. The molecule has 0 radical (unpaired) electrons. The van der Waals surface area contributed by atoms with Crippen molar-refractivity contribution < 1.29 is 17.9 Å². The number of sulfone groups is 1. The maximum Gasteiger partial charge on any atom is 0.160 e. The lowest BCUT2D eigenvalue weighted by atomic mass is 10.0. The van der Waals surface area contributed by atoms with Crippen molar-refractivity contribution in [2.24, 2.45) is 5.73 Å². The summed E-state index contributed by atoms with van der Waals surface area (Å²) in [6, 6.07) is 5.39. The first kappa shape index (κ1) is 15.8. The van der Waals surface area contributed by atoms with Crippen molar-refractivity contribution in [3.8, 4) is 11.5 Å². The monoisotopic (exact) mass is 287 g/mol. The van der Waals surface area contributed by atoms with Gasteiger partial charge in [0, 0.05) is 12.3 Å². The first-order valence-corrected chi connectivity index (χ1v) is 8.06. The fourth-order valence-corrected chi connectivity index (χ4v) is 2.51. The molecule has 0 saturated carbocycles. The van der Waals surface area contributed by atoms with Gasteiger partial charge in [0.05, 0.1) is 20.0 Å². The van der Waals surface area contributed by atoms with Crippen LogP contribution in [0.15, 0.2) is 18.2 Å². The van der Waals surface area contributed by atoms with Crippen molar-refractivity contribution in [3.63, 3.8) is 0 Å². The Morgan fingerprint density at radius 1 is 1.21 bits per heavy atom. The molecule has 1 unspecified atom stereocenters. The SMILES string of the molecule is COc1ccc(CC(N)CCS(C)(=O)=O)cc1OC. The van der Waals surface area contributed by atoms with Gasteiger partial charge in [0.25, 0.3) is 0 Å². The van der Waals surface area contributed by atoms with Crippen LogP contribution in [0.5, 0.6) is 11.5 Å². The molecule has 0 fully saturated rings. The van der Waals surface area contributed by atoms with Gasteiger partial charge in [-0.25, -0.2) is 8.42 Å². The van der Waals surface area contributed by atoms with E-state index in [1.54, 1.807) is 14.2 Å². The zero-order valence-electron chi connectivity index (χ0n) is 11.5. The van der Waals surface area contributed by atoms with Gasteiger partial charge in [-0.05, 0) is 30.5 Å². The van der Waals surface area contributed by atoms with E-state index >= 15 is 0 Å². The molecule has 1 rings (SSSR count). The van der Waals surface area contributed by atoms with Crippen LogP contribution in [0.1, 0.15) is 12.0 Å². The summed E-state index contributed by atoms with van der Waals surface area (Å²) in [5.74, 6) is 1.42. The van der Waals surface area contributed by atoms with Crippen LogP contribution in [0.25, 0.3) is 0 Å². The van der Waals surface area contributed by atoms with E-state index in [1.165, 1.54) is 6.26 Å². The van der Waals surface area contributed by atoms with E-state index in [1.807, 2.05) is 18.2 Å². The number of ether oxygens (including phenoxy) is 2. The van der Waals surface area contributed by atoms with Crippen molar-refractivity contribution in [3.05, 3.63) is 23.8 Å². The van der Waals surface area contributed by atoms with Crippen molar-refractivity contribution in [1.29, 1.82) is 0 Å². The van der Waals surface area contributed by atoms with Crippen LogP contribution in [0.4, 0.5) is 0 Å². The number of methoxy groups -OCH3 is 2. The maximum absolute atomic E-state index is 11.1. The van der Waals surface area contributed by atoms with Crippen LogP contribution in [0.3, 0.4) is 0 Å². The van der Waals surface area contributed by atoms with Crippen molar-refractivity contribution in [1.82, 2.24) is 0 Å². The molecule has 0 saturated heterocycles. The van der Waals surface area contributed by atoms with Crippen LogP contribution in [-0.4, -0.2) is 40.7 Å². The Hall–Kier alpha value is -1.27. The first-order chi connectivity index (χ1) is 8.85. The van der Waals surface area contributed by atoms with E-state index in [0.29, 0.717) is 24.3 Å². The van der Waals surface area contributed by atoms with E-state index in [0.717, 1.165) is 5.56 Å². The van der Waals surface area contributed by atoms with Crippen molar-refractivity contribution in [2.45, 2.75) is 18.9 Å². The summed E-state index contributed by atoms with van der Waals surface area (Å²) in [5.41, 5.74) is 6.94. The standard InChI is InChI=1S/C13H21NO4S/c1-17-12-5-4-10(9-13(12)18-2)8-11(14)6-7-19(3,15)16/h4-5,9,11H,6-8,14H2,1-3H3. The molecule has 0 aliphatic heterocycles. The number of hydrogen-bond donors (Lipinski definition) is 1. The highest BCUT2D eigenvalue weighted by Gasteiger charge is 2.11. The predicted molar refractivity (Wildman–Crippen MR) is 75.6 cm³/mol. The fraction of sp³-hybridized carbons (Fsp3) is 0.538. The Kier molecular flexibility index (Phi) is 5.62. The Balaban J connectivity index is 2.66. The molecule has 5 nitrogen and oxygen atoms in total. The fourth-order valence-electron chi connectivity index (χ4n) is 1.78. The predicted octanol–water partition coefficient (Wildman–Crippen LogP) is 1.01. The lowest BCUT2D eigenvalue weighted by Crippen LogP contribution is -2.25. The minimum absolute atomic E-state index is 0.113. The van der Waals surface area contributed by atoms with Gasteiger partial charge in [-0.1, -0.05) is 6.07 Å². The Morgan fingerprint density at radius 2 is 1.84 bits per heavy atom. The minimum Gasteiger partial charge on any atom is -0.493 e. The molecule has 0 spiro atoms. The van der Waals surface area contributed by atoms with Gasteiger partial charge in [-0.3, -0.25) is 0 Å². The molecule has 0 bridgehead atoms. The summed E-state index contributed by atoms with van der Waals surface area (Å²) in [5, 5.41) is 0. The zero-order chi connectivity index (χ0) is 14.5. The third kappa shape index (κ3) is 5.48. The van der Waals surface area contributed by atoms with Crippen LogP contribution in [-0.2, 0) is 16.3 Å². The summed E-state index contributed by atoms with van der Waals surface area (Å²) in [6.07, 6.45) is 2.28. The Bertz CT molecular complexity index is 513. The topological polar surface area (TPSA) is 78.6 Å². The van der Waals surface area contributed by atoms with Gasteiger partial charge in [-0.15, -0.1) is 0 Å². The highest BCUT2D eigenvalue weighted by atomic mass is 32.2. The van der Waals surface area contributed by atoms with Crippen molar-refractivity contribution >= 4 is 9.84 Å². The van der Waals surface area contributed by atoms with E-state index < -0.39 is 9.84 Å². The second-order valence-electron chi connectivity index (χ2n) is 4.57. The highest BCUT2D eigenvalue weighted by molar-refractivity contribution is 7.90. The summed E-state index contributed by atoms with van der Waals surface area (Å²) in [7, 11) is 0.194. The van der Waals surface area contributed by atoms with Gasteiger partial charge >= 0.3 is 0 Å². The van der Waals surface area contributed by atoms with E-state index in [2.05, 4.69) is 0 Å². The normalized spacial score (nSPS) is 13.1. The van der Waals surface area contributed by atoms with Crippen LogP contribution < -0.4 is 15.2 Å². The lowest BCUT2D eigenvalue weighted by Gasteiger charge is -2.13. The second-order valence-corrected chi connectivity index (χ2v) is 6.83. The van der Waals surface area contributed by atoms with Crippen molar-refractivity contribution in [2.75, 3.05) is 26.2 Å². The average Bonchev–Trinajstić information content (AvgIpc) is 2.35. The van der Waals surface area contributed by atoms with E-state index in [-0.39, 0.29) is 11.8 Å². The van der Waals surface area contributed by atoms with Gasteiger partial charge in [0.15, 0.2) is 11.5 Å². The van der Waals surface area contributed by atoms with Gasteiger partial charge in [-0.2, -0.15) is 0 Å². The number of benzene rings is 1. The molecule has 1 atom stereocenters. The molecule has 0 aliphatic carbocycles. The van der Waals surface area contributed by atoms with Gasteiger partial charge < -0.3 is 15.2 Å². The van der Waals surface area contributed by atoms with E-state index in [4.69, 9.17) is 15.2 Å². The minimum atomic E-state index is -2.96. The van der Waals surface area contributed by atoms with E-state index in [9.17, 15) is 8.42 Å². The van der Waals surface area contributed by atoms with Crippen LogP contribution in [0, 0.1) is 0 Å². The maximum atomic E-state index is 11.1. The molecule has 6 heteroatoms. The van der Waals surface area contributed by atoms with Crippen LogP contribution >= 0.6 is 0 Å². The summed E-state index contributed by atoms with van der Waals surface area (Å²) in [4.78, 5) is 0. The molecule has 2 N–H and O–H groups in total. The number of nitrogens with two attached hydrogens (primary N) is 1. The molecule has 0 aromatic heterocycles. The largest absolute Gasteiger partial charge is 0.493 e. The molecule has 108 valence electrons. The molecular formula is C13H21NO4S. The third-order valence-corrected chi connectivity index (χ3v) is 3.78. The Morgan fingerprint density at radius 3 is 2.37 bits per heavy atom. The first-order valence-electron chi connectivity index (χ1n) is 6.00. The molecule has 0 amide bonds. The summed E-state index contributed by atoms with van der Waals surface area (Å²) < 4.78 is 32.5. The molecule has 1 aromatic rings. The average molecular weight is 287 g/mol. The van der Waals surface area contributed by atoms with Gasteiger partial charge in [0.2, 0.25) is 0 Å². The second kappa shape index (κ2) is 6.77. The van der Waals surface area contributed by atoms with Crippen LogP contribution in [0.2, 0.25) is 0 Å². The quantitative estimate of drug-likeness (QED) is 0.809. The molecule has 0 heterocycles. The molecule has 19 heavy (non-hydrogen) atoms.